The van der Waals surface area contributed by atoms with Crippen LogP contribution in [0.3, 0.4) is 0 Å². The van der Waals surface area contributed by atoms with Crippen LogP contribution in [0.4, 0.5) is 0 Å². The van der Waals surface area contributed by atoms with Crippen molar-refractivity contribution < 1.29 is 9.47 Å². The van der Waals surface area contributed by atoms with Crippen LogP contribution in [0.15, 0.2) is 40.9 Å². The maximum absolute atomic E-state index is 5.97. The lowest BCUT2D eigenvalue weighted by atomic mass is 10.1. The molecule has 0 atom stereocenters. The van der Waals surface area contributed by atoms with Gasteiger partial charge in [-0.3, -0.25) is 0 Å². The molecular weight excluding hydrogens is 354 g/mol. The maximum Gasteiger partial charge on any atom is 0.162 e. The zero-order valence-corrected chi connectivity index (χ0v) is 15.2. The summed E-state index contributed by atoms with van der Waals surface area (Å²) in [5, 5.41) is 3.52. The second-order valence-corrected chi connectivity index (χ2v) is 6.88. The average molecular weight is 376 g/mol. The van der Waals surface area contributed by atoms with Gasteiger partial charge in [0.1, 0.15) is 6.61 Å². The van der Waals surface area contributed by atoms with Gasteiger partial charge in [-0.15, -0.1) is 0 Å². The highest BCUT2D eigenvalue weighted by atomic mass is 79.9. The summed E-state index contributed by atoms with van der Waals surface area (Å²) in [6.07, 6.45) is 2.57. The molecule has 3 rings (SSSR count). The van der Waals surface area contributed by atoms with Crippen molar-refractivity contribution in [2.24, 2.45) is 0 Å². The third kappa shape index (κ3) is 4.49. The first-order chi connectivity index (χ1) is 11.2. The fourth-order valence-corrected chi connectivity index (χ4v) is 2.95. The van der Waals surface area contributed by atoms with Crippen LogP contribution in [0.25, 0.3) is 0 Å². The lowest BCUT2D eigenvalue weighted by Crippen LogP contribution is -2.15. The predicted molar refractivity (Wildman–Crippen MR) is 96.1 cm³/mol. The first kappa shape index (κ1) is 16.3. The van der Waals surface area contributed by atoms with E-state index < -0.39 is 0 Å². The van der Waals surface area contributed by atoms with E-state index in [4.69, 9.17) is 9.47 Å². The van der Waals surface area contributed by atoms with E-state index >= 15 is 0 Å². The zero-order valence-electron chi connectivity index (χ0n) is 13.6. The number of halogens is 1. The van der Waals surface area contributed by atoms with Crippen molar-refractivity contribution in [2.45, 2.75) is 39.0 Å². The lowest BCUT2D eigenvalue weighted by molar-refractivity contribution is 0.284. The molecule has 0 radical (unpaired) electrons. The van der Waals surface area contributed by atoms with Gasteiger partial charge in [-0.2, -0.15) is 0 Å². The summed E-state index contributed by atoms with van der Waals surface area (Å²) in [5.41, 5.74) is 3.58. The van der Waals surface area contributed by atoms with Gasteiger partial charge in [0, 0.05) is 17.1 Å². The molecular formula is C19H22BrNO2. The van der Waals surface area contributed by atoms with Crippen molar-refractivity contribution in [1.82, 2.24) is 5.32 Å². The molecule has 1 N–H and O–H groups in total. The highest BCUT2D eigenvalue weighted by Crippen LogP contribution is 2.34. The molecule has 0 heterocycles. The number of hydrogen-bond acceptors (Lipinski definition) is 3. The molecule has 1 aliphatic carbocycles. The van der Waals surface area contributed by atoms with E-state index in [1.165, 1.54) is 24.0 Å². The third-order valence-electron chi connectivity index (χ3n) is 3.97. The molecule has 2 aromatic carbocycles. The Bertz CT molecular complexity index is 683. The molecule has 1 saturated carbocycles. The number of methoxy groups -OCH3 is 1. The summed E-state index contributed by atoms with van der Waals surface area (Å²) in [6, 6.07) is 13.1. The van der Waals surface area contributed by atoms with Gasteiger partial charge >= 0.3 is 0 Å². The first-order valence-corrected chi connectivity index (χ1v) is 8.73. The largest absolute Gasteiger partial charge is 0.493 e. The number of rotatable bonds is 7. The van der Waals surface area contributed by atoms with Gasteiger partial charge in [0.15, 0.2) is 11.5 Å². The Kier molecular flexibility index (Phi) is 5.23. The highest BCUT2D eigenvalue weighted by molar-refractivity contribution is 9.10. The Balaban J connectivity index is 1.71. The predicted octanol–water partition coefficient (Wildman–Crippen LogP) is 4.60. The molecule has 0 aromatic heterocycles. The second kappa shape index (κ2) is 7.37. The van der Waals surface area contributed by atoms with Crippen LogP contribution in [-0.4, -0.2) is 13.2 Å². The van der Waals surface area contributed by atoms with Gasteiger partial charge in [-0.25, -0.2) is 0 Å². The van der Waals surface area contributed by atoms with Crippen LogP contribution in [-0.2, 0) is 13.2 Å². The van der Waals surface area contributed by atoms with Gasteiger partial charge < -0.3 is 14.8 Å². The fraction of sp³-hybridized carbons (Fsp3) is 0.368. The third-order valence-corrected chi connectivity index (χ3v) is 4.71. The van der Waals surface area contributed by atoms with Gasteiger partial charge in [0.25, 0.3) is 0 Å². The van der Waals surface area contributed by atoms with Gasteiger partial charge in [-0.1, -0.05) is 45.8 Å². The van der Waals surface area contributed by atoms with Crippen LogP contribution in [0, 0.1) is 6.92 Å². The Morgan fingerprint density at radius 2 is 2.00 bits per heavy atom. The molecule has 0 bridgehead atoms. The Labute approximate surface area is 146 Å². The molecule has 0 aliphatic heterocycles. The van der Waals surface area contributed by atoms with E-state index in [0.717, 1.165) is 28.1 Å². The Hall–Kier alpha value is -1.52. The molecule has 0 spiro atoms. The average Bonchev–Trinajstić information content (AvgIpc) is 3.36. The smallest absolute Gasteiger partial charge is 0.162 e. The summed E-state index contributed by atoms with van der Waals surface area (Å²) in [7, 11) is 1.68. The normalized spacial score (nSPS) is 13.9. The van der Waals surface area contributed by atoms with Gasteiger partial charge in [0.2, 0.25) is 0 Å². The van der Waals surface area contributed by atoms with E-state index in [9.17, 15) is 0 Å². The summed E-state index contributed by atoms with van der Waals surface area (Å²) >= 11 is 3.64. The first-order valence-electron chi connectivity index (χ1n) is 7.94. The summed E-state index contributed by atoms with van der Waals surface area (Å²) < 4.78 is 12.5. The molecule has 4 heteroatoms. The summed E-state index contributed by atoms with van der Waals surface area (Å²) in [5.74, 6) is 1.53. The monoisotopic (exact) mass is 375 g/mol. The SMILES string of the molecule is COc1cc(CNC2CC2)c(Br)cc1OCc1cccc(C)c1. The Morgan fingerprint density at radius 1 is 1.17 bits per heavy atom. The van der Waals surface area contributed by atoms with Crippen molar-refractivity contribution in [3.63, 3.8) is 0 Å². The number of nitrogens with one attached hydrogen (secondary N) is 1. The van der Waals surface area contributed by atoms with Crippen LogP contribution >= 0.6 is 15.9 Å². The molecule has 0 unspecified atom stereocenters. The van der Waals surface area contributed by atoms with Crippen molar-refractivity contribution in [3.05, 3.63) is 57.6 Å². The summed E-state index contributed by atoms with van der Waals surface area (Å²) in [6.45, 7) is 3.46. The molecule has 0 amide bonds. The lowest BCUT2D eigenvalue weighted by Gasteiger charge is -2.14. The minimum Gasteiger partial charge on any atom is -0.493 e. The van der Waals surface area contributed by atoms with E-state index in [0.29, 0.717) is 12.6 Å². The van der Waals surface area contributed by atoms with Crippen molar-refractivity contribution in [1.29, 1.82) is 0 Å². The Morgan fingerprint density at radius 3 is 2.70 bits per heavy atom. The molecule has 0 saturated heterocycles. The standard InChI is InChI=1S/C19H22BrNO2/c1-13-4-3-5-14(8-13)12-23-19-10-17(20)15(9-18(19)22-2)11-21-16-6-7-16/h3-5,8-10,16,21H,6-7,11-12H2,1-2H3. The van der Waals surface area contributed by atoms with E-state index in [2.05, 4.69) is 46.4 Å². The van der Waals surface area contributed by atoms with Crippen LogP contribution in [0.5, 0.6) is 11.5 Å². The van der Waals surface area contributed by atoms with Crippen LogP contribution < -0.4 is 14.8 Å². The number of benzene rings is 2. The minimum atomic E-state index is 0.532. The zero-order chi connectivity index (χ0) is 16.2. The van der Waals surface area contributed by atoms with Crippen LogP contribution in [0.2, 0.25) is 0 Å². The number of hydrogen-bond donors (Lipinski definition) is 1. The van der Waals surface area contributed by atoms with Crippen molar-refractivity contribution >= 4 is 15.9 Å². The van der Waals surface area contributed by atoms with Gasteiger partial charge in [-0.05, 0) is 43.0 Å². The van der Waals surface area contributed by atoms with E-state index in [1.807, 2.05) is 18.2 Å². The van der Waals surface area contributed by atoms with Crippen molar-refractivity contribution in [2.75, 3.05) is 7.11 Å². The van der Waals surface area contributed by atoms with E-state index in [-0.39, 0.29) is 0 Å². The highest BCUT2D eigenvalue weighted by Gasteiger charge is 2.21. The molecule has 1 aliphatic rings. The topological polar surface area (TPSA) is 30.5 Å². The minimum absolute atomic E-state index is 0.532. The summed E-state index contributed by atoms with van der Waals surface area (Å²) in [4.78, 5) is 0. The number of aryl methyl sites for hydroxylation is 1. The number of ether oxygens (including phenoxy) is 2. The molecule has 2 aromatic rings. The van der Waals surface area contributed by atoms with Crippen molar-refractivity contribution in [3.8, 4) is 11.5 Å². The fourth-order valence-electron chi connectivity index (χ4n) is 2.49. The van der Waals surface area contributed by atoms with Crippen LogP contribution in [0.1, 0.15) is 29.5 Å². The molecule has 122 valence electrons. The second-order valence-electron chi connectivity index (χ2n) is 6.03. The molecule has 3 nitrogen and oxygen atoms in total. The molecule has 23 heavy (non-hydrogen) atoms. The van der Waals surface area contributed by atoms with E-state index in [1.54, 1.807) is 7.11 Å². The maximum atomic E-state index is 5.97. The quantitative estimate of drug-likeness (QED) is 0.766. The van der Waals surface area contributed by atoms with Gasteiger partial charge in [0.05, 0.1) is 7.11 Å². The molecule has 1 fully saturated rings.